The van der Waals surface area contributed by atoms with Crippen molar-refractivity contribution in [1.82, 2.24) is 15.2 Å². The van der Waals surface area contributed by atoms with Crippen molar-refractivity contribution in [3.63, 3.8) is 0 Å². The number of hydrogen-bond donors (Lipinski definition) is 0. The molecule has 0 amide bonds. The van der Waals surface area contributed by atoms with E-state index >= 15 is 0 Å². The Hall–Kier alpha value is -2.74. The van der Waals surface area contributed by atoms with E-state index in [0.29, 0.717) is 5.89 Å². The highest BCUT2D eigenvalue weighted by molar-refractivity contribution is 7.99. The van der Waals surface area contributed by atoms with Crippen molar-refractivity contribution >= 4 is 17.5 Å². The summed E-state index contributed by atoms with van der Waals surface area (Å²) >= 11 is 1.10. The molecule has 0 unspecified atom stereocenters. The summed E-state index contributed by atoms with van der Waals surface area (Å²) in [6.45, 7) is 0. The average molecular weight is 345 g/mol. The molecule has 0 aliphatic heterocycles. The Morgan fingerprint density at radius 1 is 1.25 bits per heavy atom. The molecule has 0 N–H and O–H groups in total. The van der Waals surface area contributed by atoms with Crippen LogP contribution in [-0.2, 0) is 0 Å². The van der Waals surface area contributed by atoms with Crippen molar-refractivity contribution in [3.8, 4) is 17.2 Å². The number of Topliss-reactive ketones (excluding diaryl/α,β-unsaturated/α-hetero) is 1. The van der Waals surface area contributed by atoms with Gasteiger partial charge in [-0.1, -0.05) is 11.8 Å². The molecule has 0 atom stereocenters. The molecule has 8 heteroatoms. The van der Waals surface area contributed by atoms with Gasteiger partial charge in [0.15, 0.2) is 17.3 Å². The van der Waals surface area contributed by atoms with Crippen molar-refractivity contribution in [2.45, 2.75) is 5.22 Å². The lowest BCUT2D eigenvalue weighted by Gasteiger charge is -2.03. The lowest BCUT2D eigenvalue weighted by atomic mass is 10.1. The van der Waals surface area contributed by atoms with Crippen LogP contribution in [0.5, 0.6) is 5.75 Å². The molecule has 0 saturated carbocycles. The lowest BCUT2D eigenvalue weighted by Crippen LogP contribution is -2.03. The fourth-order valence-electron chi connectivity index (χ4n) is 1.93. The first-order valence-corrected chi connectivity index (χ1v) is 7.89. The summed E-state index contributed by atoms with van der Waals surface area (Å²) in [5, 5.41) is 8.07. The molecular formula is C16H12FN3O3S. The maximum atomic E-state index is 13.6. The van der Waals surface area contributed by atoms with Crippen molar-refractivity contribution in [1.29, 1.82) is 0 Å². The third-order valence-corrected chi connectivity index (χ3v) is 3.95. The first-order valence-electron chi connectivity index (χ1n) is 6.91. The standard InChI is InChI=1S/C16H12FN3O3S/c1-22-14-3-2-11(8-12(14)17)13(21)9-24-16-20-19-15(23-16)10-4-6-18-7-5-10/h2-8H,9H2,1H3. The lowest BCUT2D eigenvalue weighted by molar-refractivity contribution is 0.102. The molecule has 3 aromatic rings. The van der Waals surface area contributed by atoms with E-state index in [9.17, 15) is 9.18 Å². The Kier molecular flexibility index (Phi) is 4.85. The number of methoxy groups -OCH3 is 1. The van der Waals surface area contributed by atoms with E-state index in [1.54, 1.807) is 24.5 Å². The van der Waals surface area contributed by atoms with E-state index in [4.69, 9.17) is 9.15 Å². The summed E-state index contributed by atoms with van der Waals surface area (Å²) in [5.74, 6) is -0.318. The van der Waals surface area contributed by atoms with Crippen LogP contribution < -0.4 is 4.74 Å². The minimum Gasteiger partial charge on any atom is -0.494 e. The van der Waals surface area contributed by atoms with Crippen LogP contribution in [0.3, 0.4) is 0 Å². The van der Waals surface area contributed by atoms with Gasteiger partial charge in [-0.15, -0.1) is 10.2 Å². The molecule has 6 nitrogen and oxygen atoms in total. The Balaban J connectivity index is 1.65. The van der Waals surface area contributed by atoms with Crippen molar-refractivity contribution in [3.05, 3.63) is 54.1 Å². The molecule has 0 aliphatic carbocycles. The summed E-state index contributed by atoms with van der Waals surface area (Å²) in [7, 11) is 1.37. The van der Waals surface area contributed by atoms with Crippen LogP contribution >= 0.6 is 11.8 Å². The van der Waals surface area contributed by atoms with Crippen LogP contribution in [0.25, 0.3) is 11.5 Å². The molecule has 2 aromatic heterocycles. The number of nitrogens with zero attached hydrogens (tertiary/aromatic N) is 3. The zero-order valence-corrected chi connectivity index (χ0v) is 13.4. The number of ether oxygens (including phenoxy) is 1. The van der Waals surface area contributed by atoms with E-state index < -0.39 is 5.82 Å². The second-order valence-electron chi connectivity index (χ2n) is 4.67. The molecule has 0 saturated heterocycles. The van der Waals surface area contributed by atoms with Crippen LogP contribution in [0.4, 0.5) is 4.39 Å². The number of benzene rings is 1. The number of halogens is 1. The topological polar surface area (TPSA) is 78.1 Å². The highest BCUT2D eigenvalue weighted by Gasteiger charge is 2.14. The van der Waals surface area contributed by atoms with E-state index in [0.717, 1.165) is 23.4 Å². The minimum atomic E-state index is -0.578. The Labute approximate surface area is 141 Å². The summed E-state index contributed by atoms with van der Waals surface area (Å²) in [4.78, 5) is 16.0. The van der Waals surface area contributed by atoms with Gasteiger partial charge < -0.3 is 9.15 Å². The van der Waals surface area contributed by atoms with E-state index in [1.807, 2.05) is 0 Å². The molecule has 0 radical (unpaired) electrons. The molecule has 2 heterocycles. The third kappa shape index (κ3) is 3.60. The summed E-state index contributed by atoms with van der Waals surface area (Å²) in [6, 6.07) is 7.57. The van der Waals surface area contributed by atoms with Crippen LogP contribution in [0.2, 0.25) is 0 Å². The van der Waals surface area contributed by atoms with E-state index in [1.165, 1.54) is 19.2 Å². The summed E-state index contributed by atoms with van der Waals surface area (Å²) in [5.41, 5.74) is 1.00. The Morgan fingerprint density at radius 2 is 2.04 bits per heavy atom. The minimum absolute atomic E-state index is 0.0593. The first-order chi connectivity index (χ1) is 11.7. The summed E-state index contributed by atoms with van der Waals surface area (Å²) < 4.78 is 23.9. The van der Waals surface area contributed by atoms with E-state index in [-0.39, 0.29) is 28.1 Å². The van der Waals surface area contributed by atoms with Gasteiger partial charge in [-0.2, -0.15) is 0 Å². The molecule has 0 spiro atoms. The zero-order chi connectivity index (χ0) is 16.9. The second kappa shape index (κ2) is 7.22. The van der Waals surface area contributed by atoms with Gasteiger partial charge in [-0.05, 0) is 30.3 Å². The fourth-order valence-corrected chi connectivity index (χ4v) is 2.59. The molecule has 0 fully saturated rings. The van der Waals surface area contributed by atoms with Gasteiger partial charge in [0.25, 0.3) is 5.22 Å². The van der Waals surface area contributed by atoms with Gasteiger partial charge in [0.2, 0.25) is 5.89 Å². The number of carbonyl (C=O) groups excluding carboxylic acids is 1. The van der Waals surface area contributed by atoms with Gasteiger partial charge in [-0.25, -0.2) is 4.39 Å². The van der Waals surface area contributed by atoms with Crippen LogP contribution in [-0.4, -0.2) is 33.8 Å². The number of aromatic nitrogens is 3. The van der Waals surface area contributed by atoms with Gasteiger partial charge in [0.05, 0.1) is 12.9 Å². The van der Waals surface area contributed by atoms with Crippen molar-refractivity contribution < 1.29 is 18.3 Å². The molecule has 1 aromatic carbocycles. The monoisotopic (exact) mass is 345 g/mol. The van der Waals surface area contributed by atoms with Crippen LogP contribution in [0.1, 0.15) is 10.4 Å². The second-order valence-corrected chi connectivity index (χ2v) is 5.60. The van der Waals surface area contributed by atoms with Gasteiger partial charge >= 0.3 is 0 Å². The predicted molar refractivity (Wildman–Crippen MR) is 85.5 cm³/mol. The number of rotatable bonds is 6. The third-order valence-electron chi connectivity index (χ3n) is 3.13. The highest BCUT2D eigenvalue weighted by atomic mass is 32.2. The SMILES string of the molecule is COc1ccc(C(=O)CSc2nnc(-c3ccncc3)o2)cc1F. The largest absolute Gasteiger partial charge is 0.494 e. The molecule has 0 aliphatic rings. The fraction of sp³-hybridized carbons (Fsp3) is 0.125. The van der Waals surface area contributed by atoms with Gasteiger partial charge in [-0.3, -0.25) is 9.78 Å². The van der Waals surface area contributed by atoms with Gasteiger partial charge in [0.1, 0.15) is 0 Å². The predicted octanol–water partition coefficient (Wildman–Crippen LogP) is 3.25. The smallest absolute Gasteiger partial charge is 0.277 e. The van der Waals surface area contributed by atoms with Crippen LogP contribution in [0.15, 0.2) is 52.4 Å². The maximum Gasteiger partial charge on any atom is 0.277 e. The molecule has 24 heavy (non-hydrogen) atoms. The maximum absolute atomic E-state index is 13.6. The number of hydrogen-bond acceptors (Lipinski definition) is 7. The number of ketones is 1. The Morgan fingerprint density at radius 3 is 2.75 bits per heavy atom. The highest BCUT2D eigenvalue weighted by Crippen LogP contribution is 2.24. The number of carbonyl (C=O) groups is 1. The zero-order valence-electron chi connectivity index (χ0n) is 12.6. The quantitative estimate of drug-likeness (QED) is 0.501. The van der Waals surface area contributed by atoms with E-state index in [2.05, 4.69) is 15.2 Å². The average Bonchev–Trinajstić information content (AvgIpc) is 3.09. The molecular weight excluding hydrogens is 333 g/mol. The molecule has 3 rings (SSSR count). The van der Waals surface area contributed by atoms with Crippen molar-refractivity contribution in [2.75, 3.05) is 12.9 Å². The normalized spacial score (nSPS) is 10.6. The first kappa shape index (κ1) is 16.1. The van der Waals surface area contributed by atoms with Gasteiger partial charge in [0, 0.05) is 23.5 Å². The molecule has 0 bridgehead atoms. The molecule has 122 valence electrons. The Bertz CT molecular complexity index is 855. The number of thioether (sulfide) groups is 1. The van der Waals surface area contributed by atoms with Crippen molar-refractivity contribution in [2.24, 2.45) is 0 Å². The van der Waals surface area contributed by atoms with Crippen LogP contribution in [0, 0.1) is 5.82 Å². The number of pyridine rings is 1. The summed E-state index contributed by atoms with van der Waals surface area (Å²) in [6.07, 6.45) is 3.24.